The van der Waals surface area contributed by atoms with E-state index in [1.54, 1.807) is 0 Å². The molecule has 0 saturated carbocycles. The molecule has 0 spiro atoms. The number of benzene rings is 1. The molecular weight excluding hydrogens is 319 g/mol. The van der Waals surface area contributed by atoms with E-state index in [4.69, 9.17) is 5.73 Å². The van der Waals surface area contributed by atoms with Crippen molar-refractivity contribution in [3.8, 4) is 0 Å². The first-order chi connectivity index (χ1) is 9.65. The Morgan fingerprint density at radius 2 is 2.20 bits per heavy atom. The second-order valence-electron chi connectivity index (χ2n) is 5.66. The van der Waals surface area contributed by atoms with Crippen LogP contribution in [0.4, 0.5) is 4.39 Å². The maximum absolute atomic E-state index is 13.2. The molecule has 1 fully saturated rings. The zero-order valence-electron chi connectivity index (χ0n) is 12.1. The maximum Gasteiger partial charge on any atom is 0.124 e. The monoisotopic (exact) mass is 342 g/mol. The van der Waals surface area contributed by atoms with Crippen molar-refractivity contribution >= 4 is 15.9 Å². The van der Waals surface area contributed by atoms with E-state index in [2.05, 4.69) is 27.8 Å². The molecular formula is C16H24BrFN2. The van der Waals surface area contributed by atoms with Gasteiger partial charge in [-0.3, -0.25) is 4.90 Å². The number of likely N-dealkylation sites (tertiary alicyclic amines) is 1. The van der Waals surface area contributed by atoms with Gasteiger partial charge in [-0.05, 0) is 56.0 Å². The SMILES string of the molecule is CCC1CCCN(C(CN)c2ccc(F)cc2Br)CC1. The van der Waals surface area contributed by atoms with Gasteiger partial charge in [-0.25, -0.2) is 4.39 Å². The predicted octanol–water partition coefficient (Wildman–Crippen LogP) is 4.10. The number of nitrogens with zero attached hydrogens (tertiary/aromatic N) is 1. The Balaban J connectivity index is 2.15. The summed E-state index contributed by atoms with van der Waals surface area (Å²) in [5.41, 5.74) is 7.11. The fourth-order valence-corrected chi connectivity index (χ4v) is 3.77. The minimum atomic E-state index is -0.210. The lowest BCUT2D eigenvalue weighted by atomic mass is 9.98. The minimum absolute atomic E-state index is 0.181. The Morgan fingerprint density at radius 1 is 1.40 bits per heavy atom. The highest BCUT2D eigenvalue weighted by Gasteiger charge is 2.24. The standard InChI is InChI=1S/C16H24BrFN2/c1-2-12-4-3-8-20(9-7-12)16(11-19)14-6-5-13(18)10-15(14)17/h5-6,10,12,16H,2-4,7-9,11,19H2,1H3. The second-order valence-corrected chi connectivity index (χ2v) is 6.51. The normalized spacial score (nSPS) is 22.5. The van der Waals surface area contributed by atoms with Crippen molar-refractivity contribution in [2.75, 3.05) is 19.6 Å². The molecule has 2 rings (SSSR count). The average molecular weight is 343 g/mol. The molecule has 2 unspecified atom stereocenters. The molecule has 4 heteroatoms. The Kier molecular flexibility index (Phi) is 6.00. The lowest BCUT2D eigenvalue weighted by Crippen LogP contribution is -2.35. The summed E-state index contributed by atoms with van der Waals surface area (Å²) in [6, 6.07) is 5.10. The van der Waals surface area contributed by atoms with E-state index in [0.717, 1.165) is 29.0 Å². The second kappa shape index (κ2) is 7.53. The van der Waals surface area contributed by atoms with Gasteiger partial charge in [0.1, 0.15) is 5.82 Å². The molecule has 1 aliphatic heterocycles. The Hall–Kier alpha value is -0.450. The van der Waals surface area contributed by atoms with Crippen molar-refractivity contribution in [3.05, 3.63) is 34.1 Å². The van der Waals surface area contributed by atoms with Gasteiger partial charge in [0.15, 0.2) is 0 Å². The van der Waals surface area contributed by atoms with Crippen molar-refractivity contribution in [3.63, 3.8) is 0 Å². The maximum atomic E-state index is 13.2. The summed E-state index contributed by atoms with van der Waals surface area (Å²) in [5.74, 6) is 0.633. The van der Waals surface area contributed by atoms with Gasteiger partial charge in [0.05, 0.1) is 0 Å². The lowest BCUT2D eigenvalue weighted by molar-refractivity contribution is 0.206. The van der Waals surface area contributed by atoms with Gasteiger partial charge in [-0.15, -0.1) is 0 Å². The minimum Gasteiger partial charge on any atom is -0.329 e. The van der Waals surface area contributed by atoms with Crippen LogP contribution in [0.2, 0.25) is 0 Å². The van der Waals surface area contributed by atoms with E-state index in [1.807, 2.05) is 6.07 Å². The molecule has 2 nitrogen and oxygen atoms in total. The first-order valence-electron chi connectivity index (χ1n) is 7.54. The quantitative estimate of drug-likeness (QED) is 0.892. The van der Waals surface area contributed by atoms with Crippen molar-refractivity contribution < 1.29 is 4.39 Å². The number of rotatable bonds is 4. The molecule has 1 aromatic rings. The van der Waals surface area contributed by atoms with Crippen LogP contribution in [-0.2, 0) is 0 Å². The largest absolute Gasteiger partial charge is 0.329 e. The summed E-state index contributed by atoms with van der Waals surface area (Å²) >= 11 is 3.48. The summed E-state index contributed by atoms with van der Waals surface area (Å²) in [4.78, 5) is 2.47. The van der Waals surface area contributed by atoms with Gasteiger partial charge in [-0.1, -0.05) is 35.3 Å². The number of halogens is 2. The van der Waals surface area contributed by atoms with E-state index < -0.39 is 0 Å². The van der Waals surface area contributed by atoms with Crippen LogP contribution in [0.5, 0.6) is 0 Å². The molecule has 20 heavy (non-hydrogen) atoms. The molecule has 1 saturated heterocycles. The van der Waals surface area contributed by atoms with E-state index in [9.17, 15) is 4.39 Å². The first-order valence-corrected chi connectivity index (χ1v) is 8.34. The molecule has 112 valence electrons. The van der Waals surface area contributed by atoms with E-state index in [0.29, 0.717) is 6.54 Å². The third kappa shape index (κ3) is 3.80. The Labute approximate surface area is 129 Å². The average Bonchev–Trinajstić information content (AvgIpc) is 2.67. The zero-order valence-corrected chi connectivity index (χ0v) is 13.7. The van der Waals surface area contributed by atoms with Gasteiger partial charge in [0, 0.05) is 17.1 Å². The molecule has 1 heterocycles. The van der Waals surface area contributed by atoms with E-state index >= 15 is 0 Å². The topological polar surface area (TPSA) is 29.3 Å². The zero-order chi connectivity index (χ0) is 14.5. The molecule has 0 aliphatic carbocycles. The van der Waals surface area contributed by atoms with Crippen molar-refractivity contribution in [2.45, 2.75) is 38.6 Å². The fraction of sp³-hybridized carbons (Fsp3) is 0.625. The highest BCUT2D eigenvalue weighted by Crippen LogP contribution is 2.31. The van der Waals surface area contributed by atoms with Gasteiger partial charge >= 0.3 is 0 Å². The van der Waals surface area contributed by atoms with Crippen molar-refractivity contribution in [1.82, 2.24) is 4.90 Å². The van der Waals surface area contributed by atoms with Crippen LogP contribution in [0.25, 0.3) is 0 Å². The Bertz CT molecular complexity index is 438. The van der Waals surface area contributed by atoms with Gasteiger partial charge in [0.25, 0.3) is 0 Å². The van der Waals surface area contributed by atoms with Crippen molar-refractivity contribution in [1.29, 1.82) is 0 Å². The molecule has 1 aromatic carbocycles. The van der Waals surface area contributed by atoms with Crippen LogP contribution in [-0.4, -0.2) is 24.5 Å². The lowest BCUT2D eigenvalue weighted by Gasteiger charge is -2.30. The van der Waals surface area contributed by atoms with Crippen LogP contribution in [0.15, 0.2) is 22.7 Å². The molecule has 2 N–H and O–H groups in total. The van der Waals surface area contributed by atoms with Gasteiger partial charge in [-0.2, -0.15) is 0 Å². The Morgan fingerprint density at radius 3 is 2.85 bits per heavy atom. The molecule has 0 bridgehead atoms. The smallest absolute Gasteiger partial charge is 0.124 e. The third-order valence-electron chi connectivity index (χ3n) is 4.45. The summed E-state index contributed by atoms with van der Waals surface area (Å²) in [6.45, 7) is 5.02. The highest BCUT2D eigenvalue weighted by atomic mass is 79.9. The summed E-state index contributed by atoms with van der Waals surface area (Å²) in [6.07, 6.45) is 5.05. The van der Waals surface area contributed by atoms with Crippen LogP contribution >= 0.6 is 15.9 Å². The molecule has 0 radical (unpaired) electrons. The van der Waals surface area contributed by atoms with Crippen LogP contribution in [0, 0.1) is 11.7 Å². The van der Waals surface area contributed by atoms with Crippen molar-refractivity contribution in [2.24, 2.45) is 11.7 Å². The summed E-state index contributed by atoms with van der Waals surface area (Å²) in [5, 5.41) is 0. The van der Waals surface area contributed by atoms with Crippen LogP contribution in [0.3, 0.4) is 0 Å². The summed E-state index contributed by atoms with van der Waals surface area (Å²) < 4.78 is 14.1. The fourth-order valence-electron chi connectivity index (χ4n) is 3.15. The van der Waals surface area contributed by atoms with E-state index in [-0.39, 0.29) is 11.9 Å². The summed E-state index contributed by atoms with van der Waals surface area (Å²) in [7, 11) is 0. The predicted molar refractivity (Wildman–Crippen MR) is 85.1 cm³/mol. The first kappa shape index (κ1) is 15.9. The van der Waals surface area contributed by atoms with Gasteiger partial charge in [0.2, 0.25) is 0 Å². The number of hydrogen-bond acceptors (Lipinski definition) is 2. The number of nitrogens with two attached hydrogens (primary N) is 1. The third-order valence-corrected chi connectivity index (χ3v) is 5.13. The molecule has 0 aromatic heterocycles. The van der Waals surface area contributed by atoms with E-state index in [1.165, 1.54) is 37.8 Å². The molecule has 1 aliphatic rings. The molecule has 2 atom stereocenters. The highest BCUT2D eigenvalue weighted by molar-refractivity contribution is 9.10. The van der Waals surface area contributed by atoms with Crippen LogP contribution < -0.4 is 5.73 Å². The van der Waals surface area contributed by atoms with Crippen LogP contribution in [0.1, 0.15) is 44.2 Å². The van der Waals surface area contributed by atoms with Gasteiger partial charge < -0.3 is 5.73 Å². The number of hydrogen-bond donors (Lipinski definition) is 1. The molecule has 0 amide bonds.